The predicted octanol–water partition coefficient (Wildman–Crippen LogP) is 2.19. The number of esters is 1. The summed E-state index contributed by atoms with van der Waals surface area (Å²) in [5.74, 6) is -1.53. The van der Waals surface area contributed by atoms with Gasteiger partial charge in [-0.1, -0.05) is 19.9 Å². The number of nitrogens with zero attached hydrogens (tertiary/aromatic N) is 2. The number of Topliss-reactive ketones (excluding diaryl/α,β-unsaturated/α-hetero) is 1. The van der Waals surface area contributed by atoms with Gasteiger partial charge >= 0.3 is 5.97 Å². The molecule has 10 atom stereocenters. The van der Waals surface area contributed by atoms with Crippen molar-refractivity contribution in [2.24, 2.45) is 17.3 Å². The number of likely N-dealkylation sites (N-methyl/N-ethyl adjacent to an activating group) is 2. The van der Waals surface area contributed by atoms with Crippen LogP contribution in [0.5, 0.6) is 0 Å². The van der Waals surface area contributed by atoms with Crippen LogP contribution in [0.15, 0.2) is 12.7 Å². The van der Waals surface area contributed by atoms with Crippen LogP contribution < -0.4 is 4.90 Å². The van der Waals surface area contributed by atoms with Crippen LogP contribution in [0, 0.1) is 17.3 Å². The van der Waals surface area contributed by atoms with Crippen LogP contribution in [0.3, 0.4) is 0 Å². The smallest absolute Gasteiger partial charge is 0.319 e. The number of cyclic esters (lactones) is 1. The van der Waals surface area contributed by atoms with Crippen molar-refractivity contribution < 1.29 is 38.5 Å². The van der Waals surface area contributed by atoms with Crippen LogP contribution in [-0.2, 0) is 28.5 Å². The zero-order chi connectivity index (χ0) is 33.6. The molecule has 0 amide bonds. The Bertz CT molecular complexity index is 944. The van der Waals surface area contributed by atoms with E-state index in [4.69, 9.17) is 18.9 Å². The molecule has 2 fully saturated rings. The molecule has 0 aromatic carbocycles. The molecule has 2 saturated heterocycles. The number of rotatable bonds is 10. The molecule has 0 saturated carbocycles. The highest BCUT2D eigenvalue weighted by molar-refractivity contribution is 6.04. The molecule has 0 aliphatic carbocycles. The van der Waals surface area contributed by atoms with Crippen molar-refractivity contribution in [1.29, 1.82) is 0 Å². The monoisotopic (exact) mass is 626 g/mol. The second-order valence-electron chi connectivity index (χ2n) is 14.6. The van der Waals surface area contributed by atoms with Gasteiger partial charge in [-0.05, 0) is 81.6 Å². The SMILES string of the molecule is C=C[C@@]1(OC)C[C@@H](C)C[NH+](C)[C@@H](CCCN(C)C(C)C)COC(=O)C(C)(C)C(=O)[C@H](C)[C@H]1O[C@@H]1O[C@H](C)C[C@H](N(C)C)[C@H]1O. The number of quaternary nitrogens is 1. The molecule has 0 aromatic heterocycles. The van der Waals surface area contributed by atoms with Crippen molar-refractivity contribution in [3.05, 3.63) is 12.7 Å². The normalized spacial score (nSPS) is 37.8. The molecule has 10 heteroatoms. The van der Waals surface area contributed by atoms with Gasteiger partial charge in [0.1, 0.15) is 35.9 Å². The van der Waals surface area contributed by atoms with E-state index in [-0.39, 0.29) is 36.5 Å². The van der Waals surface area contributed by atoms with E-state index in [1.807, 2.05) is 25.9 Å². The summed E-state index contributed by atoms with van der Waals surface area (Å²) in [6.45, 7) is 19.6. The first-order valence-corrected chi connectivity index (χ1v) is 16.5. The molecule has 2 rings (SSSR count). The molecule has 0 aromatic rings. The molecule has 0 radical (unpaired) electrons. The van der Waals surface area contributed by atoms with Crippen LogP contribution in [0.2, 0.25) is 0 Å². The maximum Gasteiger partial charge on any atom is 0.319 e. The maximum atomic E-state index is 14.2. The van der Waals surface area contributed by atoms with Crippen molar-refractivity contribution in [3.8, 4) is 0 Å². The Morgan fingerprint density at radius 1 is 1.18 bits per heavy atom. The van der Waals surface area contributed by atoms with Gasteiger partial charge in [0.2, 0.25) is 0 Å². The van der Waals surface area contributed by atoms with Gasteiger partial charge in [0.05, 0.1) is 19.7 Å². The predicted molar refractivity (Wildman–Crippen MR) is 172 cm³/mol. The van der Waals surface area contributed by atoms with Gasteiger partial charge < -0.3 is 38.8 Å². The highest BCUT2D eigenvalue weighted by atomic mass is 16.7. The van der Waals surface area contributed by atoms with Crippen LogP contribution in [-0.4, -0.2) is 130 Å². The van der Waals surface area contributed by atoms with Crippen LogP contribution >= 0.6 is 0 Å². The maximum absolute atomic E-state index is 14.2. The summed E-state index contributed by atoms with van der Waals surface area (Å²) in [4.78, 5) is 33.3. The van der Waals surface area contributed by atoms with E-state index in [9.17, 15) is 14.7 Å². The molecule has 0 bridgehead atoms. The van der Waals surface area contributed by atoms with Gasteiger partial charge in [-0.2, -0.15) is 0 Å². The summed E-state index contributed by atoms with van der Waals surface area (Å²) in [6, 6.07) is 0.346. The Hall–Kier alpha value is -1.40. The number of nitrogens with one attached hydrogen (secondary N) is 1. The number of carbonyl (C=O) groups excluding carboxylic acids is 2. The highest BCUT2D eigenvalue weighted by Crippen LogP contribution is 2.38. The lowest BCUT2D eigenvalue weighted by Crippen LogP contribution is -3.14. The van der Waals surface area contributed by atoms with Gasteiger partial charge in [-0.3, -0.25) is 9.59 Å². The standard InChI is InChI=1S/C34H63N3O7/c1-14-34(41-13)19-23(4)20-37(12)26(16-15-17-36(11)22(2)3)21-42-32(40)33(7,8)29(39)25(6)30(34)44-31-28(38)27(35(9)10)18-24(5)43-31/h14,22-28,30-31,38H,1,15-21H2,2-13H3/p+1/t23-,24-,25+,26+,27+,28-,30-,31+,34-/m1/s1. The Morgan fingerprint density at radius 3 is 2.36 bits per heavy atom. The molecule has 256 valence electrons. The third kappa shape index (κ3) is 9.33. The minimum absolute atomic E-state index is 0.0778. The fraction of sp³-hybridized carbons (Fsp3) is 0.882. The van der Waals surface area contributed by atoms with Crippen LogP contribution in [0.4, 0.5) is 0 Å². The van der Waals surface area contributed by atoms with Gasteiger partial charge in [-0.15, -0.1) is 6.58 Å². The second kappa shape index (κ2) is 16.4. The second-order valence-corrected chi connectivity index (χ2v) is 14.6. The molecule has 2 aliphatic rings. The van der Waals surface area contributed by atoms with Crippen LogP contribution in [0.25, 0.3) is 0 Å². The molecule has 44 heavy (non-hydrogen) atoms. The quantitative estimate of drug-likeness (QED) is 0.215. The van der Waals surface area contributed by atoms with Gasteiger partial charge in [0.25, 0.3) is 0 Å². The van der Waals surface area contributed by atoms with Crippen molar-refractivity contribution in [2.75, 3.05) is 55.0 Å². The number of ketones is 1. The average molecular weight is 627 g/mol. The molecule has 10 nitrogen and oxygen atoms in total. The Labute approximate surface area is 267 Å². The first-order chi connectivity index (χ1) is 20.4. The molecule has 1 unspecified atom stereocenters. The molecular formula is C34H64N3O7+. The lowest BCUT2D eigenvalue weighted by molar-refractivity contribution is -0.910. The lowest BCUT2D eigenvalue weighted by atomic mass is 9.73. The Morgan fingerprint density at radius 2 is 1.82 bits per heavy atom. The highest BCUT2D eigenvalue weighted by Gasteiger charge is 2.52. The van der Waals surface area contributed by atoms with E-state index in [0.29, 0.717) is 18.9 Å². The number of hydrogen-bond acceptors (Lipinski definition) is 9. The zero-order valence-corrected chi connectivity index (χ0v) is 29.7. The van der Waals surface area contributed by atoms with E-state index >= 15 is 0 Å². The number of ether oxygens (including phenoxy) is 4. The van der Waals surface area contributed by atoms with E-state index < -0.39 is 41.4 Å². The first-order valence-electron chi connectivity index (χ1n) is 16.5. The summed E-state index contributed by atoms with van der Waals surface area (Å²) in [6.07, 6.45) is 1.75. The Kier molecular flexibility index (Phi) is 14.5. The zero-order valence-electron chi connectivity index (χ0n) is 29.7. The first kappa shape index (κ1) is 38.8. The molecule has 2 N–H and O–H groups in total. The molecular weight excluding hydrogens is 562 g/mol. The lowest BCUT2D eigenvalue weighted by Gasteiger charge is -2.47. The van der Waals surface area contributed by atoms with Crippen molar-refractivity contribution in [3.63, 3.8) is 0 Å². The number of hydrogen-bond donors (Lipinski definition) is 2. The topological polar surface area (TPSA) is 102 Å². The van der Waals surface area contributed by atoms with Crippen molar-refractivity contribution >= 4 is 11.8 Å². The number of methoxy groups -OCH3 is 1. The van der Waals surface area contributed by atoms with E-state index in [1.165, 1.54) is 4.90 Å². The van der Waals surface area contributed by atoms with Gasteiger partial charge in [-0.25, -0.2) is 0 Å². The third-order valence-corrected chi connectivity index (χ3v) is 10.2. The largest absolute Gasteiger partial charge is 0.459 e. The van der Waals surface area contributed by atoms with E-state index in [2.05, 4.69) is 46.3 Å². The minimum atomic E-state index is -1.43. The van der Waals surface area contributed by atoms with E-state index in [1.54, 1.807) is 34.0 Å². The summed E-state index contributed by atoms with van der Waals surface area (Å²) < 4.78 is 24.9. The summed E-state index contributed by atoms with van der Waals surface area (Å²) in [5, 5.41) is 11.3. The average Bonchev–Trinajstić information content (AvgIpc) is 2.96. The Balaban J connectivity index is 2.51. The molecule has 2 aliphatic heterocycles. The summed E-state index contributed by atoms with van der Waals surface area (Å²) in [7, 11) is 9.71. The third-order valence-electron chi connectivity index (χ3n) is 10.2. The number of carbonyl (C=O) groups is 2. The fourth-order valence-electron chi connectivity index (χ4n) is 6.87. The number of aliphatic hydroxyl groups excluding tert-OH is 1. The molecule has 2 heterocycles. The molecule has 0 spiro atoms. The minimum Gasteiger partial charge on any atom is -0.459 e. The van der Waals surface area contributed by atoms with Gasteiger partial charge in [0.15, 0.2) is 12.1 Å². The number of aliphatic hydroxyl groups is 1. The van der Waals surface area contributed by atoms with Gasteiger partial charge in [0, 0.05) is 37.5 Å². The van der Waals surface area contributed by atoms with Crippen molar-refractivity contribution in [2.45, 2.75) is 122 Å². The van der Waals surface area contributed by atoms with E-state index in [0.717, 1.165) is 25.9 Å². The summed E-state index contributed by atoms with van der Waals surface area (Å²) >= 11 is 0. The fourth-order valence-corrected chi connectivity index (χ4v) is 6.87. The summed E-state index contributed by atoms with van der Waals surface area (Å²) in [5.41, 5.74) is -2.52. The van der Waals surface area contributed by atoms with Crippen molar-refractivity contribution in [1.82, 2.24) is 9.80 Å². The van der Waals surface area contributed by atoms with Crippen LogP contribution in [0.1, 0.15) is 74.1 Å².